The van der Waals surface area contributed by atoms with E-state index < -0.39 is 5.97 Å². The van der Waals surface area contributed by atoms with E-state index in [1.165, 1.54) is 6.92 Å². The number of rotatable bonds is 3. The van der Waals surface area contributed by atoms with Gasteiger partial charge in [0.2, 0.25) is 0 Å². The van der Waals surface area contributed by atoms with Gasteiger partial charge in [-0.05, 0) is 18.1 Å². The summed E-state index contributed by atoms with van der Waals surface area (Å²) in [7, 11) is 0. The van der Waals surface area contributed by atoms with E-state index in [1.54, 1.807) is 0 Å². The smallest absolute Gasteiger partial charge is 0.330 e. The summed E-state index contributed by atoms with van der Waals surface area (Å²) in [6.45, 7) is 8.26. The van der Waals surface area contributed by atoms with Crippen LogP contribution in [-0.4, -0.2) is 11.1 Å². The topological polar surface area (TPSA) is 37.3 Å². The first-order chi connectivity index (χ1) is 7.51. The lowest BCUT2D eigenvalue weighted by Crippen LogP contribution is -1.92. The van der Waals surface area contributed by atoms with E-state index >= 15 is 0 Å². The molecule has 86 valence electrons. The first-order valence-electron chi connectivity index (χ1n) is 4.67. The Morgan fingerprint density at radius 2 is 1.88 bits per heavy atom. The summed E-state index contributed by atoms with van der Waals surface area (Å²) in [5, 5.41) is 7.89. The third kappa shape index (κ3) is 6.04. The Kier molecular flexibility index (Phi) is 6.97. The van der Waals surface area contributed by atoms with Gasteiger partial charge in [0.15, 0.2) is 0 Å². The number of halogens is 1. The quantitative estimate of drug-likeness (QED) is 0.644. The molecule has 0 aliphatic carbocycles. The van der Waals surface area contributed by atoms with Crippen LogP contribution in [0.25, 0.3) is 6.08 Å². The number of alkyl halides is 1. The second-order valence-corrected chi connectivity index (χ2v) is 3.43. The Morgan fingerprint density at radius 1 is 1.44 bits per heavy atom. The summed E-state index contributed by atoms with van der Waals surface area (Å²) >= 11 is 5.60. The summed E-state index contributed by atoms with van der Waals surface area (Å²) in [6, 6.07) is 8.02. The average molecular weight is 239 g/mol. The second kappa shape index (κ2) is 7.71. The number of benzene rings is 1. The third-order valence-corrected chi connectivity index (χ3v) is 2.04. The number of carboxylic acids is 1. The second-order valence-electron chi connectivity index (χ2n) is 3.16. The van der Waals surface area contributed by atoms with Crippen LogP contribution in [0.4, 0.5) is 0 Å². The van der Waals surface area contributed by atoms with E-state index in [-0.39, 0.29) is 5.57 Å². The van der Waals surface area contributed by atoms with Crippen molar-refractivity contribution in [3.8, 4) is 0 Å². The maximum atomic E-state index is 9.60. The SMILES string of the molecule is C=C(C)C(=O)O.C=Cc1ccc(CCl)cc1. The number of hydrogen-bond donors (Lipinski definition) is 1. The molecule has 0 radical (unpaired) electrons. The molecule has 0 saturated heterocycles. The number of hydrogen-bond acceptors (Lipinski definition) is 1. The Bertz CT molecular complexity index is 354. The Hall–Kier alpha value is -1.54. The first-order valence-corrected chi connectivity index (χ1v) is 5.20. The molecule has 0 bridgehead atoms. The van der Waals surface area contributed by atoms with Crippen LogP contribution in [-0.2, 0) is 10.7 Å². The van der Waals surface area contributed by atoms with Crippen molar-refractivity contribution >= 4 is 23.6 Å². The summed E-state index contributed by atoms with van der Waals surface area (Å²) in [6.07, 6.45) is 1.82. The van der Waals surface area contributed by atoms with Gasteiger partial charge in [0.25, 0.3) is 0 Å². The minimum atomic E-state index is -0.935. The molecule has 0 aliphatic heterocycles. The van der Waals surface area contributed by atoms with Crippen molar-refractivity contribution in [2.45, 2.75) is 12.8 Å². The van der Waals surface area contributed by atoms with Gasteiger partial charge < -0.3 is 5.11 Å². The largest absolute Gasteiger partial charge is 0.478 e. The van der Waals surface area contributed by atoms with Gasteiger partial charge in [-0.25, -0.2) is 4.79 Å². The van der Waals surface area contributed by atoms with Gasteiger partial charge in [0.1, 0.15) is 0 Å². The van der Waals surface area contributed by atoms with Gasteiger partial charge >= 0.3 is 5.97 Å². The van der Waals surface area contributed by atoms with E-state index in [4.69, 9.17) is 16.7 Å². The standard InChI is InChI=1S/C9H9Cl.C4H6O2/c1-2-8-3-5-9(7-10)6-4-8;1-3(2)4(5)6/h2-6H,1,7H2;1H2,2H3,(H,5,6). The lowest BCUT2D eigenvalue weighted by Gasteiger charge is -1.94. The van der Waals surface area contributed by atoms with Crippen LogP contribution in [0.15, 0.2) is 43.0 Å². The van der Waals surface area contributed by atoms with Crippen molar-refractivity contribution in [3.63, 3.8) is 0 Å². The highest BCUT2D eigenvalue weighted by molar-refractivity contribution is 6.17. The van der Waals surface area contributed by atoms with Crippen molar-refractivity contribution in [3.05, 3.63) is 54.1 Å². The van der Waals surface area contributed by atoms with E-state index in [2.05, 4.69) is 13.2 Å². The molecule has 0 spiro atoms. The Labute approximate surface area is 101 Å². The zero-order chi connectivity index (χ0) is 12.6. The van der Waals surface area contributed by atoms with Crippen molar-refractivity contribution in [1.82, 2.24) is 0 Å². The molecular formula is C13H15ClO2. The fourth-order valence-corrected chi connectivity index (χ4v) is 0.921. The van der Waals surface area contributed by atoms with E-state index in [1.807, 2.05) is 30.3 Å². The molecular weight excluding hydrogens is 224 g/mol. The highest BCUT2D eigenvalue weighted by atomic mass is 35.5. The number of carboxylic acid groups (broad SMARTS) is 1. The molecule has 1 aromatic carbocycles. The molecule has 16 heavy (non-hydrogen) atoms. The summed E-state index contributed by atoms with van der Waals surface area (Å²) in [5.74, 6) is -0.354. The lowest BCUT2D eigenvalue weighted by atomic mass is 10.1. The van der Waals surface area contributed by atoms with E-state index in [0.717, 1.165) is 11.1 Å². The number of carbonyl (C=O) groups is 1. The van der Waals surface area contributed by atoms with Crippen LogP contribution in [0.3, 0.4) is 0 Å². The van der Waals surface area contributed by atoms with Gasteiger partial charge in [0, 0.05) is 11.5 Å². The predicted molar refractivity (Wildman–Crippen MR) is 68.5 cm³/mol. The van der Waals surface area contributed by atoms with Crippen LogP contribution < -0.4 is 0 Å². The zero-order valence-electron chi connectivity index (χ0n) is 9.24. The van der Waals surface area contributed by atoms with Crippen molar-refractivity contribution < 1.29 is 9.90 Å². The van der Waals surface area contributed by atoms with Gasteiger partial charge in [-0.2, -0.15) is 0 Å². The fourth-order valence-electron chi connectivity index (χ4n) is 0.743. The summed E-state index contributed by atoms with van der Waals surface area (Å²) in [4.78, 5) is 9.60. The Balaban J connectivity index is 0.000000325. The molecule has 2 nitrogen and oxygen atoms in total. The number of aliphatic carboxylic acids is 1. The highest BCUT2D eigenvalue weighted by Crippen LogP contribution is 2.06. The normalized spacial score (nSPS) is 8.62. The van der Waals surface area contributed by atoms with Gasteiger partial charge in [-0.1, -0.05) is 43.5 Å². The minimum absolute atomic E-state index is 0.176. The van der Waals surface area contributed by atoms with Crippen LogP contribution in [0, 0.1) is 0 Å². The fraction of sp³-hybridized carbons (Fsp3) is 0.154. The summed E-state index contributed by atoms with van der Waals surface area (Å²) < 4.78 is 0. The van der Waals surface area contributed by atoms with Crippen molar-refractivity contribution in [2.75, 3.05) is 0 Å². The molecule has 0 saturated carbocycles. The van der Waals surface area contributed by atoms with E-state index in [0.29, 0.717) is 5.88 Å². The molecule has 0 aliphatic rings. The molecule has 0 fully saturated rings. The predicted octanol–water partition coefficient (Wildman–Crippen LogP) is 3.72. The molecule has 0 amide bonds. The van der Waals surface area contributed by atoms with Gasteiger partial charge in [-0.15, -0.1) is 11.6 Å². The molecule has 1 rings (SSSR count). The van der Waals surface area contributed by atoms with Crippen LogP contribution in [0.1, 0.15) is 18.1 Å². The molecule has 0 atom stereocenters. The zero-order valence-corrected chi connectivity index (χ0v) is 10.00. The van der Waals surface area contributed by atoms with Gasteiger partial charge in [-0.3, -0.25) is 0 Å². The van der Waals surface area contributed by atoms with E-state index in [9.17, 15) is 4.79 Å². The van der Waals surface area contributed by atoms with Crippen LogP contribution >= 0.6 is 11.6 Å². The highest BCUT2D eigenvalue weighted by Gasteiger charge is 1.90. The molecule has 3 heteroatoms. The minimum Gasteiger partial charge on any atom is -0.478 e. The first kappa shape index (κ1) is 14.5. The third-order valence-electron chi connectivity index (χ3n) is 1.73. The maximum absolute atomic E-state index is 9.60. The van der Waals surface area contributed by atoms with Crippen LogP contribution in [0.5, 0.6) is 0 Å². The molecule has 0 unspecified atom stereocenters. The summed E-state index contributed by atoms with van der Waals surface area (Å²) in [5.41, 5.74) is 2.45. The average Bonchev–Trinajstić information content (AvgIpc) is 2.30. The Morgan fingerprint density at radius 3 is 2.12 bits per heavy atom. The van der Waals surface area contributed by atoms with Crippen molar-refractivity contribution in [2.24, 2.45) is 0 Å². The van der Waals surface area contributed by atoms with Crippen LogP contribution in [0.2, 0.25) is 0 Å². The van der Waals surface area contributed by atoms with Gasteiger partial charge in [0.05, 0.1) is 0 Å². The monoisotopic (exact) mass is 238 g/mol. The maximum Gasteiger partial charge on any atom is 0.330 e. The van der Waals surface area contributed by atoms with Crippen molar-refractivity contribution in [1.29, 1.82) is 0 Å². The lowest BCUT2D eigenvalue weighted by molar-refractivity contribution is -0.132. The molecule has 0 heterocycles. The molecule has 0 aromatic heterocycles. The molecule has 1 N–H and O–H groups in total. The molecule has 1 aromatic rings.